The number of carbonyl (C=O) groups excluding carboxylic acids is 2. The van der Waals surface area contributed by atoms with Crippen molar-refractivity contribution in [2.45, 2.75) is 19.4 Å². The number of amides is 2. The monoisotopic (exact) mass is 380 g/mol. The van der Waals surface area contributed by atoms with Crippen molar-refractivity contribution in [3.8, 4) is 0 Å². The molecule has 1 aliphatic rings. The Morgan fingerprint density at radius 2 is 2.08 bits per heavy atom. The predicted octanol–water partition coefficient (Wildman–Crippen LogP) is 2.58. The van der Waals surface area contributed by atoms with E-state index in [1.165, 1.54) is 0 Å². The highest BCUT2D eigenvalue weighted by molar-refractivity contribution is 7.13. The Bertz CT molecular complexity index is 761. The third-order valence-electron chi connectivity index (χ3n) is 3.65. The van der Waals surface area contributed by atoms with Gasteiger partial charge in [-0.05, 0) is 31.0 Å². The van der Waals surface area contributed by atoms with Crippen LogP contribution in [-0.2, 0) is 16.1 Å². The Kier molecular flexibility index (Phi) is 5.95. The molecule has 2 aromatic rings. The largest absolute Gasteiger partial charge is 0.364 e. The van der Waals surface area contributed by atoms with Gasteiger partial charge in [0.1, 0.15) is 18.2 Å². The lowest BCUT2D eigenvalue weighted by atomic mass is 10.3. The van der Waals surface area contributed by atoms with E-state index in [4.69, 9.17) is 16.3 Å². The lowest BCUT2D eigenvalue weighted by Gasteiger charge is -2.14. The Morgan fingerprint density at radius 3 is 2.84 bits per heavy atom. The molecule has 132 valence electrons. The highest BCUT2D eigenvalue weighted by Crippen LogP contribution is 2.17. The van der Waals surface area contributed by atoms with Gasteiger partial charge in [0.15, 0.2) is 0 Å². The zero-order valence-corrected chi connectivity index (χ0v) is 15.0. The summed E-state index contributed by atoms with van der Waals surface area (Å²) in [4.78, 5) is 25.8. The first-order chi connectivity index (χ1) is 12.1. The van der Waals surface area contributed by atoms with Gasteiger partial charge in [-0.1, -0.05) is 29.0 Å². The normalized spacial score (nSPS) is 13.9. The first kappa shape index (κ1) is 17.8. The summed E-state index contributed by atoms with van der Waals surface area (Å²) in [5.41, 5.74) is 0.585. The SMILES string of the molecule is O=C(Nc1cccc(Cl)c1)c1nnc(COCC(=O)N2CCCC2)s1. The minimum Gasteiger partial charge on any atom is -0.364 e. The van der Waals surface area contributed by atoms with Crippen LogP contribution in [0, 0.1) is 0 Å². The maximum Gasteiger partial charge on any atom is 0.286 e. The molecule has 1 aliphatic heterocycles. The summed E-state index contributed by atoms with van der Waals surface area (Å²) >= 11 is 7.02. The molecule has 2 heterocycles. The van der Waals surface area contributed by atoms with Crippen molar-refractivity contribution in [1.82, 2.24) is 15.1 Å². The molecule has 1 N–H and O–H groups in total. The molecule has 1 aromatic heterocycles. The van der Waals surface area contributed by atoms with Crippen LogP contribution in [0.15, 0.2) is 24.3 Å². The van der Waals surface area contributed by atoms with E-state index in [0.717, 1.165) is 37.3 Å². The molecule has 9 heteroatoms. The minimum atomic E-state index is -0.362. The first-order valence-corrected chi connectivity index (χ1v) is 9.06. The Labute approximate surface area is 153 Å². The molecule has 0 radical (unpaired) electrons. The summed E-state index contributed by atoms with van der Waals surface area (Å²) in [7, 11) is 0. The molecule has 1 fully saturated rings. The summed E-state index contributed by atoms with van der Waals surface area (Å²) in [6.45, 7) is 1.77. The van der Waals surface area contributed by atoms with Crippen molar-refractivity contribution in [2.75, 3.05) is 25.0 Å². The average Bonchev–Trinajstić information content (AvgIpc) is 3.27. The van der Waals surface area contributed by atoms with Gasteiger partial charge in [0.05, 0.1) is 0 Å². The van der Waals surface area contributed by atoms with Crippen molar-refractivity contribution in [1.29, 1.82) is 0 Å². The lowest BCUT2D eigenvalue weighted by Crippen LogP contribution is -2.31. The van der Waals surface area contributed by atoms with E-state index in [-0.39, 0.29) is 30.0 Å². The fraction of sp³-hybridized carbons (Fsp3) is 0.375. The summed E-state index contributed by atoms with van der Waals surface area (Å²) < 4.78 is 5.39. The zero-order valence-electron chi connectivity index (χ0n) is 13.4. The fourth-order valence-corrected chi connectivity index (χ4v) is 3.30. The third kappa shape index (κ3) is 4.97. The number of ether oxygens (including phenoxy) is 1. The van der Waals surface area contributed by atoms with Crippen LogP contribution in [0.5, 0.6) is 0 Å². The van der Waals surface area contributed by atoms with Gasteiger partial charge in [0, 0.05) is 23.8 Å². The summed E-state index contributed by atoms with van der Waals surface area (Å²) in [6.07, 6.45) is 2.10. The van der Waals surface area contributed by atoms with Crippen molar-refractivity contribution < 1.29 is 14.3 Å². The van der Waals surface area contributed by atoms with Crippen LogP contribution in [0.2, 0.25) is 5.02 Å². The zero-order chi connectivity index (χ0) is 17.6. The predicted molar refractivity (Wildman–Crippen MR) is 94.8 cm³/mol. The topological polar surface area (TPSA) is 84.4 Å². The Morgan fingerprint density at radius 1 is 1.28 bits per heavy atom. The van der Waals surface area contributed by atoms with Gasteiger partial charge in [-0.25, -0.2) is 0 Å². The molecule has 7 nitrogen and oxygen atoms in total. The number of nitrogens with zero attached hydrogens (tertiary/aromatic N) is 3. The standard InChI is InChI=1S/C16H17ClN4O3S/c17-11-4-3-5-12(8-11)18-15(23)16-20-19-13(25-16)9-24-10-14(22)21-6-1-2-7-21/h3-5,8H,1-2,6-7,9-10H2,(H,18,23). The molecule has 3 rings (SSSR count). The molecule has 1 aromatic carbocycles. The third-order valence-corrected chi connectivity index (χ3v) is 4.78. The Balaban J connectivity index is 1.48. The summed E-state index contributed by atoms with van der Waals surface area (Å²) in [6, 6.07) is 6.85. The van der Waals surface area contributed by atoms with Crippen molar-refractivity contribution in [3.63, 3.8) is 0 Å². The molecule has 0 spiro atoms. The van der Waals surface area contributed by atoms with Crippen molar-refractivity contribution in [3.05, 3.63) is 39.3 Å². The van der Waals surface area contributed by atoms with Crippen LogP contribution in [0.1, 0.15) is 27.7 Å². The first-order valence-electron chi connectivity index (χ1n) is 7.86. The van der Waals surface area contributed by atoms with Crippen LogP contribution in [0.25, 0.3) is 0 Å². The van der Waals surface area contributed by atoms with Crippen LogP contribution in [0.4, 0.5) is 5.69 Å². The van der Waals surface area contributed by atoms with Crippen molar-refractivity contribution in [2.24, 2.45) is 0 Å². The maximum atomic E-state index is 12.1. The smallest absolute Gasteiger partial charge is 0.286 e. The molecule has 0 aliphatic carbocycles. The molecule has 2 amide bonds. The van der Waals surface area contributed by atoms with Gasteiger partial charge in [-0.3, -0.25) is 9.59 Å². The van der Waals surface area contributed by atoms with Gasteiger partial charge in [-0.15, -0.1) is 10.2 Å². The van der Waals surface area contributed by atoms with Gasteiger partial charge in [0.2, 0.25) is 10.9 Å². The number of hydrogen-bond donors (Lipinski definition) is 1. The quantitative estimate of drug-likeness (QED) is 0.832. The van der Waals surface area contributed by atoms with E-state index in [1.807, 2.05) is 0 Å². The molecular formula is C16H17ClN4O3S. The number of nitrogens with one attached hydrogen (secondary N) is 1. The number of halogens is 1. The highest BCUT2D eigenvalue weighted by Gasteiger charge is 2.18. The van der Waals surface area contributed by atoms with Gasteiger partial charge < -0.3 is 15.0 Å². The van der Waals surface area contributed by atoms with E-state index < -0.39 is 0 Å². The number of anilines is 1. The fourth-order valence-electron chi connectivity index (χ4n) is 2.44. The van der Waals surface area contributed by atoms with E-state index in [2.05, 4.69) is 15.5 Å². The van der Waals surface area contributed by atoms with Crippen LogP contribution in [-0.4, -0.2) is 46.6 Å². The molecule has 1 saturated heterocycles. The number of hydrogen-bond acceptors (Lipinski definition) is 6. The van der Waals surface area contributed by atoms with E-state index >= 15 is 0 Å². The van der Waals surface area contributed by atoms with E-state index in [1.54, 1.807) is 29.2 Å². The van der Waals surface area contributed by atoms with Crippen LogP contribution >= 0.6 is 22.9 Å². The van der Waals surface area contributed by atoms with Gasteiger partial charge in [0.25, 0.3) is 5.91 Å². The number of carbonyl (C=O) groups is 2. The molecule has 0 saturated carbocycles. The Hall–Kier alpha value is -2.03. The number of aromatic nitrogens is 2. The second-order valence-corrected chi connectivity index (χ2v) is 7.04. The molecular weight excluding hydrogens is 364 g/mol. The van der Waals surface area contributed by atoms with Gasteiger partial charge in [-0.2, -0.15) is 0 Å². The van der Waals surface area contributed by atoms with E-state index in [0.29, 0.717) is 15.7 Å². The second-order valence-electron chi connectivity index (χ2n) is 5.55. The van der Waals surface area contributed by atoms with Crippen LogP contribution in [0.3, 0.4) is 0 Å². The van der Waals surface area contributed by atoms with Gasteiger partial charge >= 0.3 is 0 Å². The molecule has 25 heavy (non-hydrogen) atoms. The highest BCUT2D eigenvalue weighted by atomic mass is 35.5. The van der Waals surface area contributed by atoms with Crippen LogP contribution < -0.4 is 5.32 Å². The van der Waals surface area contributed by atoms with E-state index in [9.17, 15) is 9.59 Å². The number of rotatable bonds is 6. The number of benzene rings is 1. The van der Waals surface area contributed by atoms with Crippen molar-refractivity contribution >= 4 is 40.4 Å². The molecule has 0 atom stereocenters. The average molecular weight is 381 g/mol. The summed E-state index contributed by atoms with van der Waals surface area (Å²) in [5, 5.41) is 11.8. The molecule has 0 bridgehead atoms. The molecule has 0 unspecified atom stereocenters. The second kappa shape index (κ2) is 8.37. The lowest BCUT2D eigenvalue weighted by molar-refractivity contribution is -0.135. The number of likely N-dealkylation sites (tertiary alicyclic amines) is 1. The maximum absolute atomic E-state index is 12.1. The minimum absolute atomic E-state index is 0.0130. The summed E-state index contributed by atoms with van der Waals surface area (Å²) in [5.74, 6) is -0.375.